The zero-order chi connectivity index (χ0) is 22.8. The highest BCUT2D eigenvalue weighted by Crippen LogP contribution is 2.39. The third-order valence-electron chi connectivity index (χ3n) is 5.56. The number of hydrogen-bond acceptors (Lipinski definition) is 7. The highest BCUT2D eigenvalue weighted by atomic mass is 32.1. The molecule has 0 fully saturated rings. The van der Waals surface area contributed by atoms with E-state index in [-0.39, 0.29) is 6.42 Å². The number of carboxylic acid groups (broad SMARTS) is 1. The Morgan fingerprint density at radius 1 is 1.19 bits per heavy atom. The molecule has 2 aromatic heterocycles. The summed E-state index contributed by atoms with van der Waals surface area (Å²) >= 11 is 1.65. The largest absolute Gasteiger partial charge is 0.481 e. The van der Waals surface area contributed by atoms with Crippen LogP contribution in [-0.4, -0.2) is 43.3 Å². The van der Waals surface area contributed by atoms with Crippen molar-refractivity contribution in [2.45, 2.75) is 39.7 Å². The van der Waals surface area contributed by atoms with E-state index in [9.17, 15) is 9.90 Å². The zero-order valence-electron chi connectivity index (χ0n) is 18.2. The van der Waals surface area contributed by atoms with Crippen LogP contribution in [0.15, 0.2) is 41.4 Å². The van der Waals surface area contributed by atoms with Crippen molar-refractivity contribution in [3.8, 4) is 5.00 Å². The van der Waals surface area contributed by atoms with Crippen molar-refractivity contribution < 1.29 is 15.1 Å². The standard InChI is InChI=1S/C23H25N5O3S/c1-13-14(2)32-23-20(13)21(17-9-7-16(8-10-17)6-4-5-11-24-31)25-18(12-19(29)30)22-27-26-15(3)28(22)23/h4-5,7-10,18,24,31H,6,11-12H2,1-3H3,(H,29,30). The van der Waals surface area contributed by atoms with Gasteiger partial charge in [-0.3, -0.25) is 14.4 Å². The SMILES string of the molecule is Cc1sc2c(c1C)C(c1ccc(CC=CCNO)cc1)=NC(CC(=O)O)c1nnc(C)n1-2. The summed E-state index contributed by atoms with van der Waals surface area (Å²) in [4.78, 5) is 17.7. The van der Waals surface area contributed by atoms with Gasteiger partial charge in [-0.1, -0.05) is 36.4 Å². The number of aromatic nitrogens is 3. The molecule has 1 atom stereocenters. The number of aliphatic imine (C=N–C) groups is 1. The highest BCUT2D eigenvalue weighted by Gasteiger charge is 2.32. The zero-order valence-corrected chi connectivity index (χ0v) is 19.0. The monoisotopic (exact) mass is 451 g/mol. The smallest absolute Gasteiger partial charge is 0.306 e. The van der Waals surface area contributed by atoms with E-state index in [0.717, 1.165) is 39.4 Å². The summed E-state index contributed by atoms with van der Waals surface area (Å²) in [6.45, 7) is 6.44. The Morgan fingerprint density at radius 3 is 2.62 bits per heavy atom. The molecular formula is C23H25N5O3S. The lowest BCUT2D eigenvalue weighted by Gasteiger charge is -2.11. The number of carboxylic acids is 1. The van der Waals surface area contributed by atoms with Crippen LogP contribution in [0.1, 0.15) is 51.2 Å². The summed E-state index contributed by atoms with van der Waals surface area (Å²) in [5.74, 6) is 0.346. The number of hydroxylamine groups is 1. The molecule has 0 saturated heterocycles. The van der Waals surface area contributed by atoms with Gasteiger partial charge in [-0.2, -0.15) is 0 Å². The van der Waals surface area contributed by atoms with Crippen LogP contribution < -0.4 is 5.48 Å². The van der Waals surface area contributed by atoms with E-state index in [0.29, 0.717) is 18.2 Å². The van der Waals surface area contributed by atoms with Crippen molar-refractivity contribution in [1.29, 1.82) is 0 Å². The van der Waals surface area contributed by atoms with Crippen LogP contribution >= 0.6 is 11.3 Å². The van der Waals surface area contributed by atoms with Crippen molar-refractivity contribution >= 4 is 23.0 Å². The minimum absolute atomic E-state index is 0.156. The van der Waals surface area contributed by atoms with Gasteiger partial charge in [0.2, 0.25) is 0 Å². The van der Waals surface area contributed by atoms with Crippen LogP contribution in [-0.2, 0) is 11.2 Å². The fraction of sp³-hybridized carbons (Fsp3) is 0.304. The van der Waals surface area contributed by atoms with E-state index in [2.05, 4.69) is 29.5 Å². The second kappa shape index (κ2) is 9.15. The second-order valence-electron chi connectivity index (χ2n) is 7.73. The van der Waals surface area contributed by atoms with Gasteiger partial charge in [-0.05, 0) is 38.3 Å². The molecule has 0 saturated carbocycles. The molecule has 3 heterocycles. The Labute approximate surface area is 189 Å². The summed E-state index contributed by atoms with van der Waals surface area (Å²) in [5, 5.41) is 27.7. The van der Waals surface area contributed by atoms with Gasteiger partial charge in [0.05, 0.1) is 12.1 Å². The molecule has 166 valence electrons. The molecule has 3 N–H and O–H groups in total. The molecule has 0 bridgehead atoms. The normalized spacial score (nSPS) is 15.4. The maximum Gasteiger partial charge on any atom is 0.306 e. The molecule has 32 heavy (non-hydrogen) atoms. The molecule has 1 aliphatic heterocycles. The summed E-state index contributed by atoms with van der Waals surface area (Å²) in [5.41, 5.74) is 7.08. The third kappa shape index (κ3) is 4.14. The number of fused-ring (bicyclic) bond motifs is 3. The van der Waals surface area contributed by atoms with E-state index in [1.54, 1.807) is 11.3 Å². The number of rotatable bonds is 7. The van der Waals surface area contributed by atoms with Crippen LogP contribution in [0.2, 0.25) is 0 Å². The number of thiophene rings is 1. The molecule has 8 nitrogen and oxygen atoms in total. The molecule has 0 amide bonds. The summed E-state index contributed by atoms with van der Waals surface area (Å²) in [7, 11) is 0. The van der Waals surface area contributed by atoms with Gasteiger partial charge in [-0.25, -0.2) is 5.48 Å². The van der Waals surface area contributed by atoms with Crippen molar-refractivity contribution in [1.82, 2.24) is 20.2 Å². The molecule has 9 heteroatoms. The van der Waals surface area contributed by atoms with Crippen molar-refractivity contribution in [3.05, 3.63) is 75.2 Å². The maximum atomic E-state index is 11.6. The molecular weight excluding hydrogens is 426 g/mol. The average molecular weight is 452 g/mol. The van der Waals surface area contributed by atoms with E-state index >= 15 is 0 Å². The molecule has 1 aliphatic rings. The lowest BCUT2D eigenvalue weighted by Crippen LogP contribution is -2.10. The molecule has 1 aromatic carbocycles. The van der Waals surface area contributed by atoms with E-state index in [1.165, 1.54) is 4.88 Å². The quantitative estimate of drug-likeness (QED) is 0.373. The first kappa shape index (κ1) is 22.1. The fourth-order valence-electron chi connectivity index (χ4n) is 3.84. The van der Waals surface area contributed by atoms with Gasteiger partial charge < -0.3 is 10.3 Å². The molecule has 0 radical (unpaired) electrons. The van der Waals surface area contributed by atoms with Crippen molar-refractivity contribution in [3.63, 3.8) is 0 Å². The first-order chi connectivity index (χ1) is 15.4. The average Bonchev–Trinajstić information content (AvgIpc) is 3.24. The van der Waals surface area contributed by atoms with Gasteiger partial charge in [0.15, 0.2) is 5.82 Å². The number of nitrogens with zero attached hydrogens (tertiary/aromatic N) is 4. The molecule has 3 aromatic rings. The van der Waals surface area contributed by atoms with Gasteiger partial charge in [0, 0.05) is 22.5 Å². The maximum absolute atomic E-state index is 11.6. The first-order valence-electron chi connectivity index (χ1n) is 10.3. The van der Waals surface area contributed by atoms with Crippen LogP contribution in [0.25, 0.3) is 5.00 Å². The number of aryl methyl sites for hydroxylation is 2. The molecule has 0 spiro atoms. The van der Waals surface area contributed by atoms with Crippen LogP contribution in [0, 0.1) is 20.8 Å². The topological polar surface area (TPSA) is 113 Å². The number of nitrogens with one attached hydrogen (secondary N) is 1. The lowest BCUT2D eigenvalue weighted by molar-refractivity contribution is -0.137. The Bertz CT molecular complexity index is 1210. The van der Waals surface area contributed by atoms with Crippen LogP contribution in [0.4, 0.5) is 0 Å². The summed E-state index contributed by atoms with van der Waals surface area (Å²) < 4.78 is 1.96. The van der Waals surface area contributed by atoms with Gasteiger partial charge >= 0.3 is 5.97 Å². The van der Waals surface area contributed by atoms with Gasteiger partial charge in [-0.15, -0.1) is 21.5 Å². The Balaban J connectivity index is 1.82. The minimum atomic E-state index is -0.928. The predicted octanol–water partition coefficient (Wildman–Crippen LogP) is 3.70. The highest BCUT2D eigenvalue weighted by molar-refractivity contribution is 7.15. The lowest BCUT2D eigenvalue weighted by atomic mass is 9.98. The number of carbonyl (C=O) groups is 1. The van der Waals surface area contributed by atoms with Crippen LogP contribution in [0.5, 0.6) is 0 Å². The molecule has 1 unspecified atom stereocenters. The number of benzene rings is 1. The van der Waals surface area contributed by atoms with Crippen molar-refractivity contribution in [2.24, 2.45) is 4.99 Å². The Morgan fingerprint density at radius 2 is 1.94 bits per heavy atom. The Hall–Kier alpha value is -3.14. The van der Waals surface area contributed by atoms with E-state index < -0.39 is 12.0 Å². The summed E-state index contributed by atoms with van der Waals surface area (Å²) in [6, 6.07) is 7.52. The minimum Gasteiger partial charge on any atom is -0.481 e. The first-order valence-corrected chi connectivity index (χ1v) is 11.2. The predicted molar refractivity (Wildman–Crippen MR) is 123 cm³/mol. The number of allylic oxidation sites excluding steroid dienone is 1. The third-order valence-corrected chi connectivity index (χ3v) is 6.76. The van der Waals surface area contributed by atoms with E-state index in [1.807, 2.05) is 47.9 Å². The number of aliphatic carboxylic acids is 1. The van der Waals surface area contributed by atoms with Crippen LogP contribution in [0.3, 0.4) is 0 Å². The second-order valence-corrected chi connectivity index (χ2v) is 8.93. The molecule has 0 aliphatic carbocycles. The van der Waals surface area contributed by atoms with Crippen molar-refractivity contribution in [2.75, 3.05) is 6.54 Å². The fourth-order valence-corrected chi connectivity index (χ4v) is 5.06. The van der Waals surface area contributed by atoms with E-state index in [4.69, 9.17) is 10.2 Å². The van der Waals surface area contributed by atoms with Gasteiger partial charge in [0.25, 0.3) is 0 Å². The Kier molecular flexibility index (Phi) is 6.31. The summed E-state index contributed by atoms with van der Waals surface area (Å²) in [6.07, 6.45) is 4.44. The number of hydrogen-bond donors (Lipinski definition) is 3. The molecule has 4 rings (SSSR count). The van der Waals surface area contributed by atoms with Gasteiger partial charge in [0.1, 0.15) is 16.9 Å².